The lowest BCUT2D eigenvalue weighted by Gasteiger charge is -2.36. The maximum Gasteiger partial charge on any atom is 0.127 e. The van der Waals surface area contributed by atoms with Gasteiger partial charge >= 0.3 is 0 Å². The van der Waals surface area contributed by atoms with Crippen LogP contribution in [0, 0.1) is 17.5 Å². The molecule has 0 radical (unpaired) electrons. The molecule has 2 unspecified atom stereocenters. The average molecular weight is 1170 g/mol. The highest BCUT2D eigenvalue weighted by Crippen LogP contribution is 2.60. The quantitative estimate of drug-likeness (QED) is 0.102. The van der Waals surface area contributed by atoms with Crippen LogP contribution in [0.4, 0.5) is 30.2 Å². The van der Waals surface area contributed by atoms with E-state index in [4.69, 9.17) is 9.47 Å². The summed E-state index contributed by atoms with van der Waals surface area (Å²) in [6.07, 6.45) is 3.60. The van der Waals surface area contributed by atoms with Crippen molar-refractivity contribution in [1.82, 2.24) is 0 Å². The molecule has 0 aliphatic heterocycles. The molecule has 0 saturated carbocycles. The van der Waals surface area contributed by atoms with Crippen LogP contribution in [0.25, 0.3) is 56.7 Å². The van der Waals surface area contributed by atoms with E-state index in [1.165, 1.54) is 24.3 Å². The van der Waals surface area contributed by atoms with Crippen molar-refractivity contribution in [2.24, 2.45) is 0 Å². The van der Waals surface area contributed by atoms with E-state index < -0.39 is 10.8 Å². The predicted octanol–water partition coefficient (Wildman–Crippen LogP) is 22.5. The molecule has 13 aromatic carbocycles. The number of fused-ring (bicyclic) bond motifs is 6. The van der Waals surface area contributed by atoms with Crippen molar-refractivity contribution >= 4 is 29.2 Å². The first-order valence-electron chi connectivity index (χ1n) is 30.0. The van der Waals surface area contributed by atoms with E-state index in [9.17, 15) is 4.39 Å². The van der Waals surface area contributed by atoms with Gasteiger partial charge in [0.1, 0.15) is 40.4 Å². The minimum Gasteiger partial charge on any atom is -0.457 e. The van der Waals surface area contributed by atoms with E-state index in [2.05, 4.69) is 164 Å². The van der Waals surface area contributed by atoms with E-state index in [0.717, 1.165) is 117 Å². The fraction of sp³-hybridized carbons (Fsp3) is 0.0238. The van der Waals surface area contributed by atoms with Crippen LogP contribution in [0.1, 0.15) is 55.6 Å². The van der Waals surface area contributed by atoms with Gasteiger partial charge in [0.2, 0.25) is 0 Å². The molecule has 430 valence electrons. The van der Waals surface area contributed by atoms with Crippen molar-refractivity contribution in [2.45, 2.75) is 10.8 Å². The van der Waals surface area contributed by atoms with Gasteiger partial charge in [-0.3, -0.25) is 0 Å². The number of anilines is 3. The predicted molar refractivity (Wildman–Crippen MR) is 360 cm³/mol. The summed E-state index contributed by atoms with van der Waals surface area (Å²) in [6, 6.07) is 99.5. The number of hydrogen-bond acceptors (Lipinski definition) is 3. The second kappa shape index (κ2) is 22.7. The normalized spacial score (nSPS) is 15.0. The smallest absolute Gasteiger partial charge is 0.127 e. The third-order valence-electron chi connectivity index (χ3n) is 17.9. The van der Waals surface area contributed by atoms with Gasteiger partial charge < -0.3 is 14.4 Å². The highest BCUT2D eigenvalue weighted by Gasteiger charge is 2.48. The zero-order chi connectivity index (χ0) is 60.9. The van der Waals surface area contributed by atoms with Crippen molar-refractivity contribution < 1.29 is 22.6 Å². The molecule has 0 amide bonds. The molecule has 90 heavy (non-hydrogen) atoms. The fourth-order valence-corrected chi connectivity index (χ4v) is 13.8. The standard InChI is InChI=1S/C84H56F3NO2/c1-3-55-22-40-71(41-23-55)89-73-44-30-61(31-45-73)83(63-14-10-16-66(86)51-63)79-20-7-5-18-75(79)77-48-38-69(53-81(77)83)88(68-36-28-58(29-37-68)60-13-9-12-59(50-60)57-26-34-65(85)35-27-57)70-39-49-78-76-19-6-8-21-80(76)84(82(78)54-70,64-15-11-17-67(87)52-64)62-32-46-74(47-33-62)90-72-42-24-56(4-2)25-43-72/h3-54H,1-2H2. The van der Waals surface area contributed by atoms with Gasteiger partial charge in [-0.15, -0.1) is 0 Å². The third kappa shape index (κ3) is 9.49. The molecule has 0 N–H and O–H groups in total. The lowest BCUT2D eigenvalue weighted by Crippen LogP contribution is -2.29. The van der Waals surface area contributed by atoms with Gasteiger partial charge in [-0.25, -0.2) is 13.2 Å². The molecule has 3 nitrogen and oxygen atoms in total. The lowest BCUT2D eigenvalue weighted by molar-refractivity contribution is 0.482. The largest absolute Gasteiger partial charge is 0.457 e. The Hall–Kier alpha value is -11.5. The van der Waals surface area contributed by atoms with Crippen molar-refractivity contribution in [2.75, 3.05) is 4.90 Å². The Balaban J connectivity index is 0.930. The summed E-state index contributed by atoms with van der Waals surface area (Å²) in [7, 11) is 0. The number of ether oxygens (including phenoxy) is 2. The van der Waals surface area contributed by atoms with Crippen LogP contribution >= 0.6 is 0 Å². The third-order valence-corrected chi connectivity index (χ3v) is 17.9. The molecule has 2 atom stereocenters. The number of benzene rings is 13. The summed E-state index contributed by atoms with van der Waals surface area (Å²) in [4.78, 5) is 2.29. The molecular weight excluding hydrogens is 1110 g/mol. The van der Waals surface area contributed by atoms with Gasteiger partial charge in [-0.1, -0.05) is 201 Å². The van der Waals surface area contributed by atoms with Crippen LogP contribution in [0.3, 0.4) is 0 Å². The summed E-state index contributed by atoms with van der Waals surface area (Å²) >= 11 is 0. The summed E-state index contributed by atoms with van der Waals surface area (Å²) in [5.74, 6) is 1.73. The average Bonchev–Trinajstić information content (AvgIpc) is 1.54. The summed E-state index contributed by atoms with van der Waals surface area (Å²) in [5, 5.41) is 0. The van der Waals surface area contributed by atoms with E-state index in [-0.39, 0.29) is 17.5 Å². The minimum absolute atomic E-state index is 0.284. The molecule has 0 saturated heterocycles. The van der Waals surface area contributed by atoms with Gasteiger partial charge in [-0.05, 0) is 228 Å². The van der Waals surface area contributed by atoms with Gasteiger partial charge in [0.25, 0.3) is 0 Å². The number of rotatable bonds is 15. The molecule has 2 aliphatic rings. The lowest BCUT2D eigenvalue weighted by atomic mass is 9.67. The molecule has 0 aromatic heterocycles. The molecule has 0 bridgehead atoms. The molecule has 15 rings (SSSR count). The van der Waals surface area contributed by atoms with Crippen molar-refractivity contribution in [1.29, 1.82) is 0 Å². The van der Waals surface area contributed by atoms with Crippen LogP contribution < -0.4 is 14.4 Å². The molecule has 2 aliphatic carbocycles. The number of halogens is 3. The second-order valence-corrected chi connectivity index (χ2v) is 22.8. The van der Waals surface area contributed by atoms with Crippen LogP contribution in [0.2, 0.25) is 0 Å². The maximum absolute atomic E-state index is 16.1. The highest BCUT2D eigenvalue weighted by molar-refractivity contribution is 5.93. The van der Waals surface area contributed by atoms with Crippen molar-refractivity contribution in [3.8, 4) is 67.5 Å². The molecular formula is C84H56F3NO2. The Morgan fingerprint density at radius 2 is 0.656 bits per heavy atom. The van der Waals surface area contributed by atoms with Crippen LogP contribution in [0.5, 0.6) is 23.0 Å². The minimum atomic E-state index is -1.00. The fourth-order valence-electron chi connectivity index (χ4n) is 13.8. The molecule has 0 fully saturated rings. The van der Waals surface area contributed by atoms with Crippen LogP contribution in [-0.2, 0) is 10.8 Å². The monoisotopic (exact) mass is 1170 g/mol. The summed E-state index contributed by atoms with van der Waals surface area (Å²) in [6.45, 7) is 7.81. The van der Waals surface area contributed by atoms with E-state index >= 15 is 8.78 Å². The van der Waals surface area contributed by atoms with Crippen molar-refractivity contribution in [3.05, 3.63) is 390 Å². The second-order valence-electron chi connectivity index (χ2n) is 22.8. The van der Waals surface area contributed by atoms with E-state index in [0.29, 0.717) is 23.0 Å². The van der Waals surface area contributed by atoms with Gasteiger partial charge in [0.05, 0.1) is 10.8 Å². The topological polar surface area (TPSA) is 21.7 Å². The van der Waals surface area contributed by atoms with Gasteiger partial charge in [-0.2, -0.15) is 0 Å². The highest BCUT2D eigenvalue weighted by atomic mass is 19.1. The maximum atomic E-state index is 16.1. The summed E-state index contributed by atoms with van der Waals surface area (Å²) in [5.41, 5.74) is 18.0. The zero-order valence-corrected chi connectivity index (χ0v) is 48.8. The number of nitrogens with zero attached hydrogens (tertiary/aromatic N) is 1. The van der Waals surface area contributed by atoms with Crippen LogP contribution in [0.15, 0.2) is 316 Å². The Bertz CT molecular complexity index is 4640. The molecule has 0 spiro atoms. The van der Waals surface area contributed by atoms with Gasteiger partial charge in [0, 0.05) is 17.1 Å². The first kappa shape index (κ1) is 55.1. The first-order valence-corrected chi connectivity index (χ1v) is 30.0. The Labute approximate surface area is 521 Å². The van der Waals surface area contributed by atoms with Crippen molar-refractivity contribution in [3.63, 3.8) is 0 Å². The Morgan fingerprint density at radius 3 is 1.08 bits per heavy atom. The molecule has 6 heteroatoms. The van der Waals surface area contributed by atoms with E-state index in [1.54, 1.807) is 48.6 Å². The Morgan fingerprint density at radius 1 is 0.278 bits per heavy atom. The molecule has 0 heterocycles. The van der Waals surface area contributed by atoms with E-state index in [1.807, 2.05) is 97.1 Å². The SMILES string of the molecule is C=Cc1ccc(Oc2ccc(C3(c4cccc(F)c4)c4ccccc4-c4ccc(N(c5ccc(-c6cccc(-c7ccc(F)cc7)c6)cc5)c5ccc6c(c5)C(c5ccc(Oc7ccc(C=C)cc7)cc5)(c5cccc(F)c5)c5ccccc5-6)cc43)cc2)cc1. The van der Waals surface area contributed by atoms with Crippen LogP contribution in [-0.4, -0.2) is 0 Å². The first-order chi connectivity index (χ1) is 44.2. The molecule has 13 aromatic rings. The Kier molecular flexibility index (Phi) is 13.9. The van der Waals surface area contributed by atoms with Gasteiger partial charge in [0.15, 0.2) is 0 Å². The number of hydrogen-bond donors (Lipinski definition) is 0. The summed E-state index contributed by atoms with van der Waals surface area (Å²) < 4.78 is 59.2. The zero-order valence-electron chi connectivity index (χ0n) is 48.8.